The van der Waals surface area contributed by atoms with Gasteiger partial charge in [-0.05, 0) is 31.9 Å². The Kier molecular flexibility index (Phi) is 5.87. The summed E-state index contributed by atoms with van der Waals surface area (Å²) in [5, 5.41) is 8.80. The molecule has 1 aromatic rings. The Morgan fingerprint density at radius 3 is 2.74 bits per heavy atom. The lowest BCUT2D eigenvalue weighted by Crippen LogP contribution is -2.34. The van der Waals surface area contributed by atoms with Crippen LogP contribution >= 0.6 is 0 Å². The normalized spacial score (nSPS) is 11.6. The van der Waals surface area contributed by atoms with Crippen LogP contribution < -0.4 is 5.73 Å². The van der Waals surface area contributed by atoms with Crippen molar-refractivity contribution in [2.75, 3.05) is 18.8 Å². The molecular weight excluding hydrogens is 238 g/mol. The summed E-state index contributed by atoms with van der Waals surface area (Å²) in [6.07, 6.45) is 1.07. The highest BCUT2D eigenvalue weighted by Gasteiger charge is 2.14. The van der Waals surface area contributed by atoms with E-state index in [0.29, 0.717) is 25.9 Å². The van der Waals surface area contributed by atoms with Gasteiger partial charge in [0, 0.05) is 25.2 Å². The maximum absolute atomic E-state index is 12.1. The average Bonchev–Trinajstić information content (AvgIpc) is 2.43. The molecule has 0 aliphatic rings. The molecule has 1 unspecified atom stereocenters. The van der Waals surface area contributed by atoms with E-state index in [1.54, 1.807) is 4.90 Å². The summed E-state index contributed by atoms with van der Waals surface area (Å²) in [6.45, 7) is 4.88. The lowest BCUT2D eigenvalue weighted by atomic mass is 10.1. The van der Waals surface area contributed by atoms with Gasteiger partial charge in [-0.25, -0.2) is 0 Å². The standard InChI is InChI=1S/C15H21N3O/c1-3-18(11-12(2)10-16)15(19)9-8-13-6-4-5-7-14(13)17/h4-7,12H,3,8-9,11,17H2,1-2H3. The van der Waals surface area contributed by atoms with Gasteiger partial charge in [-0.2, -0.15) is 5.26 Å². The fourth-order valence-corrected chi connectivity index (χ4v) is 1.94. The molecule has 4 nitrogen and oxygen atoms in total. The fraction of sp³-hybridized carbons (Fsp3) is 0.467. The second kappa shape index (κ2) is 7.42. The largest absolute Gasteiger partial charge is 0.399 e. The van der Waals surface area contributed by atoms with Gasteiger partial charge in [0.15, 0.2) is 0 Å². The first-order chi connectivity index (χ1) is 9.08. The van der Waals surface area contributed by atoms with Crippen LogP contribution in [0.5, 0.6) is 0 Å². The molecule has 0 radical (unpaired) electrons. The number of nitrogens with zero attached hydrogens (tertiary/aromatic N) is 2. The molecule has 0 aliphatic heterocycles. The fourth-order valence-electron chi connectivity index (χ4n) is 1.94. The van der Waals surface area contributed by atoms with Crippen LogP contribution in [0, 0.1) is 17.2 Å². The molecular formula is C15H21N3O. The van der Waals surface area contributed by atoms with Crippen LogP contribution in [0.3, 0.4) is 0 Å². The smallest absolute Gasteiger partial charge is 0.222 e. The first-order valence-electron chi connectivity index (χ1n) is 6.59. The number of anilines is 1. The van der Waals surface area contributed by atoms with Gasteiger partial charge in [0.25, 0.3) is 0 Å². The molecule has 1 amide bonds. The summed E-state index contributed by atoms with van der Waals surface area (Å²) in [5.41, 5.74) is 7.58. The minimum absolute atomic E-state index is 0.0767. The molecule has 0 spiro atoms. The van der Waals surface area contributed by atoms with Crippen molar-refractivity contribution in [2.24, 2.45) is 5.92 Å². The van der Waals surface area contributed by atoms with E-state index in [1.807, 2.05) is 38.1 Å². The molecule has 4 heteroatoms. The molecule has 0 bridgehead atoms. The Morgan fingerprint density at radius 1 is 1.47 bits per heavy atom. The third-order valence-electron chi connectivity index (χ3n) is 3.11. The molecule has 1 atom stereocenters. The van der Waals surface area contributed by atoms with Crippen LogP contribution in [0.4, 0.5) is 5.69 Å². The van der Waals surface area contributed by atoms with Gasteiger partial charge in [-0.1, -0.05) is 18.2 Å². The van der Waals surface area contributed by atoms with Crippen molar-refractivity contribution in [1.29, 1.82) is 5.26 Å². The van der Waals surface area contributed by atoms with Crippen molar-refractivity contribution in [1.82, 2.24) is 4.90 Å². The lowest BCUT2D eigenvalue weighted by molar-refractivity contribution is -0.131. The Labute approximate surface area is 114 Å². The Morgan fingerprint density at radius 2 is 2.16 bits per heavy atom. The van der Waals surface area contributed by atoms with Crippen LogP contribution in [0.15, 0.2) is 24.3 Å². The number of hydrogen-bond donors (Lipinski definition) is 1. The van der Waals surface area contributed by atoms with Crippen LogP contribution in [-0.4, -0.2) is 23.9 Å². The number of amides is 1. The molecule has 19 heavy (non-hydrogen) atoms. The molecule has 2 N–H and O–H groups in total. The summed E-state index contributed by atoms with van der Waals surface area (Å²) >= 11 is 0. The van der Waals surface area contributed by atoms with Gasteiger partial charge in [-0.3, -0.25) is 4.79 Å². The van der Waals surface area contributed by atoms with Crippen molar-refractivity contribution >= 4 is 11.6 Å². The molecule has 1 rings (SSSR count). The number of nitriles is 1. The number of benzene rings is 1. The zero-order chi connectivity index (χ0) is 14.3. The summed E-state index contributed by atoms with van der Waals surface area (Å²) in [5.74, 6) is -0.0569. The van der Waals surface area contributed by atoms with Crippen molar-refractivity contribution < 1.29 is 4.79 Å². The van der Waals surface area contributed by atoms with E-state index in [9.17, 15) is 4.79 Å². The van der Waals surface area contributed by atoms with Gasteiger partial charge in [-0.15, -0.1) is 0 Å². The number of rotatable bonds is 6. The predicted octanol–water partition coefficient (Wildman–Crippen LogP) is 2.21. The predicted molar refractivity (Wildman–Crippen MR) is 76.2 cm³/mol. The SMILES string of the molecule is CCN(CC(C)C#N)C(=O)CCc1ccccc1N. The van der Waals surface area contributed by atoms with Gasteiger partial charge in [0.05, 0.1) is 12.0 Å². The van der Waals surface area contributed by atoms with Gasteiger partial charge >= 0.3 is 0 Å². The Hall–Kier alpha value is -2.02. The molecule has 0 fully saturated rings. The highest BCUT2D eigenvalue weighted by molar-refractivity contribution is 5.76. The summed E-state index contributed by atoms with van der Waals surface area (Å²) in [6, 6.07) is 9.74. The quantitative estimate of drug-likeness (QED) is 0.796. The number of carbonyl (C=O) groups excluding carboxylic acids is 1. The molecule has 102 valence electrons. The zero-order valence-corrected chi connectivity index (χ0v) is 11.6. The van der Waals surface area contributed by atoms with Crippen LogP contribution in [0.25, 0.3) is 0 Å². The average molecular weight is 259 g/mol. The summed E-state index contributed by atoms with van der Waals surface area (Å²) in [4.78, 5) is 13.8. The third-order valence-corrected chi connectivity index (χ3v) is 3.11. The highest BCUT2D eigenvalue weighted by Crippen LogP contribution is 2.13. The first kappa shape index (κ1) is 15.0. The maximum Gasteiger partial charge on any atom is 0.222 e. The Balaban J connectivity index is 2.54. The van der Waals surface area contributed by atoms with Crippen LogP contribution in [0.2, 0.25) is 0 Å². The second-order valence-corrected chi connectivity index (χ2v) is 4.66. The summed E-state index contributed by atoms with van der Waals surface area (Å²) in [7, 11) is 0. The molecule has 0 aliphatic carbocycles. The van der Waals surface area contributed by atoms with Gasteiger partial charge < -0.3 is 10.6 Å². The number of hydrogen-bond acceptors (Lipinski definition) is 3. The maximum atomic E-state index is 12.1. The number of carbonyl (C=O) groups is 1. The van der Waals surface area contributed by atoms with E-state index in [-0.39, 0.29) is 11.8 Å². The van der Waals surface area contributed by atoms with Crippen molar-refractivity contribution in [3.8, 4) is 6.07 Å². The van der Waals surface area contributed by atoms with E-state index in [4.69, 9.17) is 11.0 Å². The number of nitrogen functional groups attached to an aromatic ring is 1. The van der Waals surface area contributed by atoms with E-state index in [1.165, 1.54) is 0 Å². The van der Waals surface area contributed by atoms with E-state index < -0.39 is 0 Å². The monoisotopic (exact) mass is 259 g/mol. The number of nitrogens with two attached hydrogens (primary N) is 1. The minimum atomic E-state index is -0.134. The van der Waals surface area contributed by atoms with E-state index in [0.717, 1.165) is 11.3 Å². The number of aryl methyl sites for hydroxylation is 1. The highest BCUT2D eigenvalue weighted by atomic mass is 16.2. The molecule has 0 saturated heterocycles. The van der Waals surface area contributed by atoms with Crippen LogP contribution in [-0.2, 0) is 11.2 Å². The second-order valence-electron chi connectivity index (χ2n) is 4.66. The summed E-state index contributed by atoms with van der Waals surface area (Å²) < 4.78 is 0. The number of para-hydroxylation sites is 1. The zero-order valence-electron chi connectivity index (χ0n) is 11.6. The van der Waals surface area contributed by atoms with E-state index >= 15 is 0 Å². The molecule has 0 heterocycles. The van der Waals surface area contributed by atoms with Crippen LogP contribution in [0.1, 0.15) is 25.8 Å². The third kappa shape index (κ3) is 4.63. The van der Waals surface area contributed by atoms with Gasteiger partial charge in [0.2, 0.25) is 5.91 Å². The minimum Gasteiger partial charge on any atom is -0.399 e. The lowest BCUT2D eigenvalue weighted by Gasteiger charge is -2.22. The Bertz CT molecular complexity index is 465. The molecule has 0 saturated carbocycles. The van der Waals surface area contributed by atoms with Crippen molar-refractivity contribution in [2.45, 2.75) is 26.7 Å². The first-order valence-corrected chi connectivity index (χ1v) is 6.59. The van der Waals surface area contributed by atoms with E-state index in [2.05, 4.69) is 6.07 Å². The van der Waals surface area contributed by atoms with Crippen molar-refractivity contribution in [3.05, 3.63) is 29.8 Å². The molecule has 1 aromatic carbocycles. The molecule has 0 aromatic heterocycles. The van der Waals surface area contributed by atoms with Gasteiger partial charge in [0.1, 0.15) is 0 Å². The topological polar surface area (TPSA) is 70.1 Å². The van der Waals surface area contributed by atoms with Crippen molar-refractivity contribution in [3.63, 3.8) is 0 Å².